The summed E-state index contributed by atoms with van der Waals surface area (Å²) < 4.78 is 31.1. The number of nitrogens with zero attached hydrogens (tertiary/aromatic N) is 5. The Kier molecular flexibility index (Phi) is 8.79. The van der Waals surface area contributed by atoms with Gasteiger partial charge in [-0.2, -0.15) is 9.40 Å². The molecule has 0 fully saturated rings. The molecule has 0 spiro atoms. The number of aromatic nitrogens is 3. The van der Waals surface area contributed by atoms with E-state index in [0.29, 0.717) is 35.4 Å². The molecule has 42 heavy (non-hydrogen) atoms. The molecule has 2 heterocycles. The molecular formula is C31H32ClN5O3S2. The first-order valence-corrected chi connectivity index (χ1v) is 16.2. The molecule has 11 heteroatoms. The molecule has 0 bridgehead atoms. The summed E-state index contributed by atoms with van der Waals surface area (Å²) in [7, 11) is -3.77. The van der Waals surface area contributed by atoms with Gasteiger partial charge in [-0.15, -0.1) is 0 Å². The molecule has 0 saturated carbocycles. The smallest absolute Gasteiger partial charge is 0.260 e. The summed E-state index contributed by atoms with van der Waals surface area (Å²) in [6, 6.07) is 21.3. The van der Waals surface area contributed by atoms with Crippen LogP contribution in [0.4, 0.5) is 5.13 Å². The molecule has 0 aliphatic carbocycles. The molecule has 0 radical (unpaired) electrons. The van der Waals surface area contributed by atoms with Crippen LogP contribution >= 0.6 is 22.9 Å². The second-order valence-corrected chi connectivity index (χ2v) is 13.4. The van der Waals surface area contributed by atoms with Crippen LogP contribution < -0.4 is 4.90 Å². The van der Waals surface area contributed by atoms with Crippen LogP contribution in [0.1, 0.15) is 39.8 Å². The zero-order valence-corrected chi connectivity index (χ0v) is 26.3. The Morgan fingerprint density at radius 3 is 2.36 bits per heavy atom. The molecule has 1 amide bonds. The summed E-state index contributed by atoms with van der Waals surface area (Å²) in [4.78, 5) is 20.5. The number of carbonyl (C=O) groups excluding carboxylic acids is 1. The van der Waals surface area contributed by atoms with E-state index in [2.05, 4.69) is 5.10 Å². The molecule has 8 nitrogen and oxygen atoms in total. The first kappa shape index (κ1) is 29.9. The Hall–Kier alpha value is -3.57. The fourth-order valence-corrected chi connectivity index (χ4v) is 7.45. The van der Waals surface area contributed by atoms with Crippen LogP contribution in [0.25, 0.3) is 10.2 Å². The van der Waals surface area contributed by atoms with Crippen molar-refractivity contribution < 1.29 is 13.2 Å². The fraction of sp³-hybridized carbons (Fsp3) is 0.258. The van der Waals surface area contributed by atoms with E-state index in [1.54, 1.807) is 17.0 Å². The number of sulfonamides is 1. The van der Waals surface area contributed by atoms with Crippen LogP contribution in [0.15, 0.2) is 77.7 Å². The van der Waals surface area contributed by atoms with Gasteiger partial charge >= 0.3 is 0 Å². The van der Waals surface area contributed by atoms with Gasteiger partial charge < -0.3 is 0 Å². The number of anilines is 1. The number of amides is 1. The highest BCUT2D eigenvalue weighted by Crippen LogP contribution is 2.34. The summed E-state index contributed by atoms with van der Waals surface area (Å²) in [6.07, 6.45) is 0. The van der Waals surface area contributed by atoms with Crippen LogP contribution in [0, 0.1) is 20.8 Å². The van der Waals surface area contributed by atoms with E-state index in [0.717, 1.165) is 32.7 Å². The first-order valence-electron chi connectivity index (χ1n) is 13.6. The average molecular weight is 622 g/mol. The number of aryl methyl sites for hydroxylation is 3. The molecular weight excluding hydrogens is 590 g/mol. The normalized spacial score (nSPS) is 11.9. The predicted molar refractivity (Wildman–Crippen MR) is 169 cm³/mol. The van der Waals surface area contributed by atoms with Crippen molar-refractivity contribution in [1.82, 2.24) is 19.1 Å². The maximum atomic E-state index is 14.0. The lowest BCUT2D eigenvalue weighted by atomic mass is 10.2. The van der Waals surface area contributed by atoms with Crippen LogP contribution in [-0.4, -0.2) is 46.5 Å². The van der Waals surface area contributed by atoms with Gasteiger partial charge in [-0.05, 0) is 74.4 Å². The average Bonchev–Trinajstić information content (AvgIpc) is 3.56. The summed E-state index contributed by atoms with van der Waals surface area (Å²) in [5, 5.41) is 5.70. The molecule has 0 unspecified atom stereocenters. The standard InChI is InChI=1S/C31H32ClN5O3S2/c1-5-35(20-24-9-7-6-8-10-24)42(39,40)26-13-11-25(12-14-26)30(38)36(17-18-37-22(3)19-21(2)34-37)31-33-29-23(4)27(32)15-16-28(29)41-31/h6-16,19H,5,17-18,20H2,1-4H3. The number of benzene rings is 3. The van der Waals surface area contributed by atoms with Crippen LogP contribution in [0.3, 0.4) is 0 Å². The zero-order valence-electron chi connectivity index (χ0n) is 23.9. The third kappa shape index (κ3) is 6.12. The molecule has 5 aromatic rings. The van der Waals surface area contributed by atoms with Gasteiger partial charge in [0.1, 0.15) is 0 Å². The number of rotatable bonds is 10. The molecule has 0 atom stereocenters. The van der Waals surface area contributed by atoms with Crippen molar-refractivity contribution in [1.29, 1.82) is 0 Å². The van der Waals surface area contributed by atoms with Crippen molar-refractivity contribution in [3.05, 3.63) is 106 Å². The van der Waals surface area contributed by atoms with E-state index < -0.39 is 10.0 Å². The Morgan fingerprint density at radius 1 is 1.00 bits per heavy atom. The van der Waals surface area contributed by atoms with Crippen LogP contribution in [0.5, 0.6) is 0 Å². The molecule has 2 aromatic heterocycles. The van der Waals surface area contributed by atoms with Gasteiger partial charge in [-0.1, -0.05) is 60.2 Å². The minimum atomic E-state index is -3.77. The monoisotopic (exact) mass is 621 g/mol. The fourth-order valence-electron chi connectivity index (χ4n) is 4.81. The first-order chi connectivity index (χ1) is 20.1. The minimum Gasteiger partial charge on any atom is -0.282 e. The lowest BCUT2D eigenvalue weighted by Gasteiger charge is -2.22. The molecule has 0 aliphatic heterocycles. The molecule has 0 N–H and O–H groups in total. The highest BCUT2D eigenvalue weighted by Gasteiger charge is 2.26. The third-order valence-corrected chi connectivity index (χ3v) is 10.5. The van der Waals surface area contributed by atoms with E-state index in [1.807, 2.05) is 80.9 Å². The second-order valence-electron chi connectivity index (χ2n) is 10.1. The predicted octanol–water partition coefficient (Wildman–Crippen LogP) is 6.63. The topological polar surface area (TPSA) is 88.4 Å². The maximum absolute atomic E-state index is 14.0. The lowest BCUT2D eigenvalue weighted by Crippen LogP contribution is -2.34. The Morgan fingerprint density at radius 2 is 1.71 bits per heavy atom. The van der Waals surface area contributed by atoms with Gasteiger partial charge in [0, 0.05) is 35.9 Å². The van der Waals surface area contributed by atoms with E-state index in [1.165, 1.54) is 27.8 Å². The van der Waals surface area contributed by atoms with Gasteiger partial charge in [0.2, 0.25) is 10.0 Å². The van der Waals surface area contributed by atoms with Gasteiger partial charge in [0.25, 0.3) is 5.91 Å². The highest BCUT2D eigenvalue weighted by molar-refractivity contribution is 7.89. The number of carbonyl (C=O) groups is 1. The number of thiazole rings is 1. The van der Waals surface area contributed by atoms with Crippen molar-refractivity contribution in [3.63, 3.8) is 0 Å². The Labute approximate surface area is 255 Å². The highest BCUT2D eigenvalue weighted by atomic mass is 35.5. The van der Waals surface area contributed by atoms with Crippen LogP contribution in [0.2, 0.25) is 5.02 Å². The van der Waals surface area contributed by atoms with Crippen molar-refractivity contribution in [3.8, 4) is 0 Å². The summed E-state index contributed by atoms with van der Waals surface area (Å²) in [5.74, 6) is -0.278. The van der Waals surface area contributed by atoms with Gasteiger partial charge in [0.15, 0.2) is 5.13 Å². The van der Waals surface area contributed by atoms with Gasteiger partial charge in [-0.3, -0.25) is 14.4 Å². The molecule has 218 valence electrons. The summed E-state index contributed by atoms with van der Waals surface area (Å²) in [6.45, 7) is 9.01. The maximum Gasteiger partial charge on any atom is 0.260 e. The Balaban J connectivity index is 1.44. The number of halogens is 1. The zero-order chi connectivity index (χ0) is 30.0. The van der Waals surface area contributed by atoms with E-state index in [9.17, 15) is 13.2 Å². The molecule has 5 rings (SSSR count). The summed E-state index contributed by atoms with van der Waals surface area (Å²) in [5.41, 5.74) is 4.78. The quantitative estimate of drug-likeness (QED) is 0.175. The van der Waals surface area contributed by atoms with Crippen molar-refractivity contribution in [2.45, 2.75) is 45.7 Å². The molecule has 0 aliphatic rings. The Bertz CT molecular complexity index is 1830. The lowest BCUT2D eigenvalue weighted by molar-refractivity contribution is 0.0985. The van der Waals surface area contributed by atoms with E-state index in [4.69, 9.17) is 16.6 Å². The second kappa shape index (κ2) is 12.3. The minimum absolute atomic E-state index is 0.135. The van der Waals surface area contributed by atoms with Crippen molar-refractivity contribution in [2.75, 3.05) is 18.0 Å². The van der Waals surface area contributed by atoms with Crippen molar-refractivity contribution in [2.24, 2.45) is 0 Å². The number of hydrogen-bond acceptors (Lipinski definition) is 6. The van der Waals surface area contributed by atoms with E-state index >= 15 is 0 Å². The summed E-state index contributed by atoms with van der Waals surface area (Å²) >= 11 is 7.76. The molecule has 0 saturated heterocycles. The van der Waals surface area contributed by atoms with Gasteiger partial charge in [-0.25, -0.2) is 13.4 Å². The van der Waals surface area contributed by atoms with Gasteiger partial charge in [0.05, 0.1) is 27.4 Å². The third-order valence-electron chi connectivity index (χ3n) is 7.14. The van der Waals surface area contributed by atoms with Crippen LogP contribution in [-0.2, 0) is 23.1 Å². The van der Waals surface area contributed by atoms with E-state index in [-0.39, 0.29) is 17.3 Å². The SMILES string of the molecule is CCN(Cc1ccccc1)S(=O)(=O)c1ccc(C(=O)N(CCn2nc(C)cc2C)c2nc3c(C)c(Cl)ccc3s2)cc1. The number of hydrogen-bond donors (Lipinski definition) is 0. The molecule has 3 aromatic carbocycles. The largest absolute Gasteiger partial charge is 0.282 e. The number of fused-ring (bicyclic) bond motifs is 1. The van der Waals surface area contributed by atoms with Crippen molar-refractivity contribution >= 4 is 54.2 Å².